The van der Waals surface area contributed by atoms with Crippen molar-refractivity contribution in [3.63, 3.8) is 0 Å². The molecule has 0 aromatic carbocycles. The van der Waals surface area contributed by atoms with Gasteiger partial charge < -0.3 is 24.8 Å². The van der Waals surface area contributed by atoms with E-state index in [1.165, 1.54) is 0 Å². The lowest BCUT2D eigenvalue weighted by Gasteiger charge is -2.41. The van der Waals surface area contributed by atoms with E-state index in [0.717, 1.165) is 19.3 Å². The first-order valence-electron chi connectivity index (χ1n) is 5.96. The maximum absolute atomic E-state index is 9.86. The van der Waals surface area contributed by atoms with Crippen LogP contribution in [0.2, 0.25) is 0 Å². The molecule has 0 aromatic heterocycles. The Labute approximate surface area is 95.0 Å². The first-order chi connectivity index (χ1) is 7.72. The van der Waals surface area contributed by atoms with Crippen molar-refractivity contribution >= 4 is 0 Å². The van der Waals surface area contributed by atoms with Crippen LogP contribution in [0.25, 0.3) is 0 Å². The second kappa shape index (κ2) is 5.42. The Morgan fingerprint density at radius 1 is 1.12 bits per heavy atom. The molecule has 5 atom stereocenters. The monoisotopic (exact) mass is 232 g/mol. The molecule has 2 unspecified atom stereocenters. The number of hydrogen-bond acceptors (Lipinski definition) is 5. The second-order valence-electron chi connectivity index (χ2n) is 4.60. The van der Waals surface area contributed by atoms with Crippen molar-refractivity contribution in [1.82, 2.24) is 0 Å². The molecule has 3 N–H and O–H groups in total. The summed E-state index contributed by atoms with van der Waals surface area (Å²) in [6.07, 6.45) is 0.617. The van der Waals surface area contributed by atoms with Gasteiger partial charge in [-0.1, -0.05) is 0 Å². The molecule has 0 bridgehead atoms. The van der Waals surface area contributed by atoms with Crippen molar-refractivity contribution in [2.75, 3.05) is 13.2 Å². The molecule has 94 valence electrons. The van der Waals surface area contributed by atoms with E-state index in [2.05, 4.69) is 0 Å². The third-order valence-electron chi connectivity index (χ3n) is 3.38. The summed E-state index contributed by atoms with van der Waals surface area (Å²) in [5.74, 6) is 0. The summed E-state index contributed by atoms with van der Waals surface area (Å²) in [5, 5.41) is 28.5. The molecule has 2 fully saturated rings. The molecule has 16 heavy (non-hydrogen) atoms. The van der Waals surface area contributed by atoms with Crippen LogP contribution in [0, 0.1) is 0 Å². The third kappa shape index (κ3) is 2.55. The Morgan fingerprint density at radius 3 is 2.56 bits per heavy atom. The van der Waals surface area contributed by atoms with E-state index in [1.54, 1.807) is 0 Å². The van der Waals surface area contributed by atoms with Crippen molar-refractivity contribution in [3.05, 3.63) is 0 Å². The average Bonchev–Trinajstić information content (AvgIpc) is 2.30. The molecule has 0 amide bonds. The van der Waals surface area contributed by atoms with Gasteiger partial charge in [-0.3, -0.25) is 0 Å². The lowest BCUT2D eigenvalue weighted by molar-refractivity contribution is -0.219. The summed E-state index contributed by atoms with van der Waals surface area (Å²) in [7, 11) is 0. The summed E-state index contributed by atoms with van der Waals surface area (Å²) in [4.78, 5) is 0. The fourth-order valence-corrected chi connectivity index (χ4v) is 2.44. The van der Waals surface area contributed by atoms with Crippen LogP contribution in [-0.4, -0.2) is 59.1 Å². The number of ether oxygens (including phenoxy) is 2. The van der Waals surface area contributed by atoms with Crippen LogP contribution in [0.4, 0.5) is 0 Å². The molecule has 0 spiro atoms. The van der Waals surface area contributed by atoms with Gasteiger partial charge >= 0.3 is 0 Å². The number of rotatable bonds is 2. The summed E-state index contributed by atoms with van der Waals surface area (Å²) < 4.78 is 11.1. The van der Waals surface area contributed by atoms with Crippen molar-refractivity contribution in [3.8, 4) is 0 Å². The van der Waals surface area contributed by atoms with E-state index in [0.29, 0.717) is 6.61 Å². The van der Waals surface area contributed by atoms with Gasteiger partial charge in [0.15, 0.2) is 0 Å². The zero-order chi connectivity index (χ0) is 11.5. The molecule has 2 aliphatic heterocycles. The van der Waals surface area contributed by atoms with E-state index in [-0.39, 0.29) is 19.1 Å². The van der Waals surface area contributed by atoms with Crippen molar-refractivity contribution < 1.29 is 24.8 Å². The summed E-state index contributed by atoms with van der Waals surface area (Å²) in [6, 6.07) is 0. The molecule has 2 aliphatic rings. The second-order valence-corrected chi connectivity index (χ2v) is 4.60. The Bertz CT molecular complexity index is 216. The molecule has 0 saturated carbocycles. The standard InChI is InChI=1S/C11H20O5/c12-6-10-7(13)5-8(14)11(16-10)9-3-1-2-4-15-9/h7-14H,1-6H2/t7-,8-,9?,10-,11?/m1/s1. The molecule has 2 saturated heterocycles. The molecule has 0 aliphatic carbocycles. The Hall–Kier alpha value is -0.200. The van der Waals surface area contributed by atoms with Crippen LogP contribution >= 0.6 is 0 Å². The Balaban J connectivity index is 1.96. The fourth-order valence-electron chi connectivity index (χ4n) is 2.44. The maximum atomic E-state index is 9.86. The van der Waals surface area contributed by atoms with E-state index in [4.69, 9.17) is 14.6 Å². The van der Waals surface area contributed by atoms with Gasteiger partial charge in [0.1, 0.15) is 12.2 Å². The Morgan fingerprint density at radius 2 is 1.94 bits per heavy atom. The van der Waals surface area contributed by atoms with Gasteiger partial charge in [0.2, 0.25) is 0 Å². The van der Waals surface area contributed by atoms with Gasteiger partial charge in [0, 0.05) is 13.0 Å². The zero-order valence-electron chi connectivity index (χ0n) is 9.29. The normalized spacial score (nSPS) is 45.6. The fraction of sp³-hybridized carbons (Fsp3) is 1.00. The van der Waals surface area contributed by atoms with E-state index in [9.17, 15) is 10.2 Å². The van der Waals surface area contributed by atoms with Crippen LogP contribution in [-0.2, 0) is 9.47 Å². The van der Waals surface area contributed by atoms with Gasteiger partial charge in [-0.15, -0.1) is 0 Å². The zero-order valence-corrected chi connectivity index (χ0v) is 9.29. The summed E-state index contributed by atoms with van der Waals surface area (Å²) in [6.45, 7) is 0.473. The van der Waals surface area contributed by atoms with E-state index >= 15 is 0 Å². The van der Waals surface area contributed by atoms with Crippen LogP contribution in [0.3, 0.4) is 0 Å². The molecule has 0 radical (unpaired) electrons. The highest BCUT2D eigenvalue weighted by Gasteiger charge is 2.40. The SMILES string of the molecule is OC[C@H]1OC(C2CCCCO2)[C@H](O)C[C@H]1O. The van der Waals surface area contributed by atoms with Gasteiger partial charge in [-0.25, -0.2) is 0 Å². The highest BCUT2D eigenvalue weighted by molar-refractivity contribution is 4.89. The molecule has 5 heteroatoms. The lowest BCUT2D eigenvalue weighted by Crippen LogP contribution is -2.54. The first kappa shape index (κ1) is 12.3. The minimum atomic E-state index is -0.792. The summed E-state index contributed by atoms with van der Waals surface area (Å²) in [5.41, 5.74) is 0. The first-order valence-corrected chi connectivity index (χ1v) is 5.96. The lowest BCUT2D eigenvalue weighted by atomic mass is 9.92. The average molecular weight is 232 g/mol. The predicted molar refractivity (Wildman–Crippen MR) is 56.0 cm³/mol. The highest BCUT2D eigenvalue weighted by atomic mass is 16.6. The molecule has 5 nitrogen and oxygen atoms in total. The van der Waals surface area contributed by atoms with Crippen molar-refractivity contribution in [2.24, 2.45) is 0 Å². The number of hydrogen-bond donors (Lipinski definition) is 3. The van der Waals surface area contributed by atoms with Crippen LogP contribution in [0.1, 0.15) is 25.7 Å². The molecular weight excluding hydrogens is 212 g/mol. The van der Waals surface area contributed by atoms with Crippen LogP contribution in [0.5, 0.6) is 0 Å². The quantitative estimate of drug-likeness (QED) is 0.594. The molecular formula is C11H20O5. The molecule has 2 rings (SSSR count). The number of aliphatic hydroxyl groups is 3. The van der Waals surface area contributed by atoms with Crippen molar-refractivity contribution in [2.45, 2.75) is 56.2 Å². The minimum absolute atomic E-state index is 0.106. The van der Waals surface area contributed by atoms with Gasteiger partial charge in [-0.05, 0) is 19.3 Å². The minimum Gasteiger partial charge on any atom is -0.394 e. The smallest absolute Gasteiger partial charge is 0.110 e. The van der Waals surface area contributed by atoms with E-state index in [1.807, 2.05) is 0 Å². The van der Waals surface area contributed by atoms with E-state index < -0.39 is 24.4 Å². The van der Waals surface area contributed by atoms with Gasteiger partial charge in [0.05, 0.1) is 24.9 Å². The van der Waals surface area contributed by atoms with Crippen LogP contribution < -0.4 is 0 Å². The third-order valence-corrected chi connectivity index (χ3v) is 3.38. The molecule has 0 aromatic rings. The maximum Gasteiger partial charge on any atom is 0.110 e. The van der Waals surface area contributed by atoms with Crippen molar-refractivity contribution in [1.29, 1.82) is 0 Å². The largest absolute Gasteiger partial charge is 0.394 e. The van der Waals surface area contributed by atoms with Crippen LogP contribution in [0.15, 0.2) is 0 Å². The molecule has 2 heterocycles. The van der Waals surface area contributed by atoms with Gasteiger partial charge in [-0.2, -0.15) is 0 Å². The topological polar surface area (TPSA) is 79.2 Å². The summed E-state index contributed by atoms with van der Waals surface area (Å²) >= 11 is 0. The Kier molecular flexibility index (Phi) is 4.16. The van der Waals surface area contributed by atoms with Gasteiger partial charge in [0.25, 0.3) is 0 Å². The predicted octanol–water partition coefficient (Wildman–Crippen LogP) is -0.573. The number of aliphatic hydroxyl groups excluding tert-OH is 3. The highest BCUT2D eigenvalue weighted by Crippen LogP contribution is 2.27.